The molecule has 94 valence electrons. The van der Waals surface area contributed by atoms with Crippen molar-refractivity contribution < 1.29 is 5.11 Å². The fraction of sp³-hybridized carbons (Fsp3) is 0.600. The Labute approximate surface area is 104 Å². The van der Waals surface area contributed by atoms with Crippen molar-refractivity contribution in [3.05, 3.63) is 29.3 Å². The zero-order chi connectivity index (χ0) is 12.3. The molecule has 1 aromatic carbocycles. The minimum atomic E-state index is 0.384. The Bertz CT molecular complexity index is 367. The molecule has 1 aliphatic heterocycles. The second-order valence-electron chi connectivity index (χ2n) is 5.36. The summed E-state index contributed by atoms with van der Waals surface area (Å²) in [5.74, 6) is 0.893. The standard InChI is InChI=1S/C15H23NO/c1-11(2)14-8-5-6-12(15(14)17)10-13-7-3-4-9-16-13/h5-6,8,11,13,16-17H,3-4,7,9-10H2,1-2H3. The fourth-order valence-electron chi connectivity index (χ4n) is 2.61. The van der Waals surface area contributed by atoms with Gasteiger partial charge in [0.25, 0.3) is 0 Å². The van der Waals surface area contributed by atoms with Gasteiger partial charge in [-0.05, 0) is 42.9 Å². The molecule has 1 unspecified atom stereocenters. The van der Waals surface area contributed by atoms with Crippen LogP contribution in [0.2, 0.25) is 0 Å². The summed E-state index contributed by atoms with van der Waals surface area (Å²) < 4.78 is 0. The van der Waals surface area contributed by atoms with Gasteiger partial charge in [0.15, 0.2) is 0 Å². The van der Waals surface area contributed by atoms with E-state index in [0.29, 0.717) is 17.7 Å². The molecular weight excluding hydrogens is 210 g/mol. The summed E-state index contributed by atoms with van der Waals surface area (Å²) in [5, 5.41) is 13.8. The number of para-hydroxylation sites is 1. The molecule has 0 saturated carbocycles. The Kier molecular flexibility index (Phi) is 4.06. The molecule has 17 heavy (non-hydrogen) atoms. The number of aromatic hydroxyl groups is 1. The molecule has 1 saturated heterocycles. The fourth-order valence-corrected chi connectivity index (χ4v) is 2.61. The van der Waals surface area contributed by atoms with E-state index in [1.807, 2.05) is 6.07 Å². The van der Waals surface area contributed by atoms with Crippen molar-refractivity contribution in [1.82, 2.24) is 5.32 Å². The first-order chi connectivity index (χ1) is 8.18. The molecule has 2 rings (SSSR count). The second kappa shape index (κ2) is 5.54. The minimum Gasteiger partial charge on any atom is -0.507 e. The molecule has 0 aliphatic carbocycles. The molecule has 1 aromatic rings. The highest BCUT2D eigenvalue weighted by molar-refractivity contribution is 5.42. The number of phenolic OH excluding ortho intramolecular Hbond substituents is 1. The van der Waals surface area contributed by atoms with Crippen LogP contribution in [0.5, 0.6) is 5.75 Å². The number of benzene rings is 1. The highest BCUT2D eigenvalue weighted by Crippen LogP contribution is 2.30. The monoisotopic (exact) mass is 233 g/mol. The summed E-state index contributed by atoms with van der Waals surface area (Å²) in [6.45, 7) is 5.37. The molecule has 2 heteroatoms. The third kappa shape index (κ3) is 3.01. The van der Waals surface area contributed by atoms with Gasteiger partial charge in [-0.25, -0.2) is 0 Å². The summed E-state index contributed by atoms with van der Waals surface area (Å²) in [5.41, 5.74) is 2.16. The van der Waals surface area contributed by atoms with Gasteiger partial charge < -0.3 is 10.4 Å². The van der Waals surface area contributed by atoms with Crippen molar-refractivity contribution in [2.24, 2.45) is 0 Å². The van der Waals surface area contributed by atoms with Gasteiger partial charge >= 0.3 is 0 Å². The maximum atomic E-state index is 10.3. The zero-order valence-electron chi connectivity index (χ0n) is 10.9. The van der Waals surface area contributed by atoms with Crippen molar-refractivity contribution in [2.75, 3.05) is 6.54 Å². The Hall–Kier alpha value is -1.02. The van der Waals surface area contributed by atoms with Gasteiger partial charge in [0, 0.05) is 6.04 Å². The van der Waals surface area contributed by atoms with E-state index in [1.165, 1.54) is 19.3 Å². The van der Waals surface area contributed by atoms with Crippen LogP contribution < -0.4 is 5.32 Å². The smallest absolute Gasteiger partial charge is 0.122 e. The van der Waals surface area contributed by atoms with E-state index in [1.54, 1.807) is 0 Å². The van der Waals surface area contributed by atoms with Crippen LogP contribution in [0.25, 0.3) is 0 Å². The molecule has 1 fully saturated rings. The van der Waals surface area contributed by atoms with Crippen molar-refractivity contribution >= 4 is 0 Å². The van der Waals surface area contributed by atoms with Gasteiger partial charge in [-0.2, -0.15) is 0 Å². The molecule has 1 aliphatic rings. The third-order valence-corrected chi connectivity index (χ3v) is 3.65. The average molecular weight is 233 g/mol. The van der Waals surface area contributed by atoms with Crippen LogP contribution >= 0.6 is 0 Å². The molecule has 2 N–H and O–H groups in total. The van der Waals surface area contributed by atoms with E-state index in [9.17, 15) is 5.11 Å². The van der Waals surface area contributed by atoms with Crippen LogP contribution in [0.4, 0.5) is 0 Å². The lowest BCUT2D eigenvalue weighted by atomic mass is 9.93. The molecule has 2 nitrogen and oxygen atoms in total. The summed E-state index contributed by atoms with van der Waals surface area (Å²) in [6, 6.07) is 6.68. The van der Waals surface area contributed by atoms with E-state index < -0.39 is 0 Å². The van der Waals surface area contributed by atoms with Crippen molar-refractivity contribution in [2.45, 2.75) is 51.5 Å². The molecule has 0 aromatic heterocycles. The molecule has 0 spiro atoms. The van der Waals surface area contributed by atoms with Crippen LogP contribution in [0.15, 0.2) is 18.2 Å². The maximum Gasteiger partial charge on any atom is 0.122 e. The van der Waals surface area contributed by atoms with Crippen LogP contribution in [0, 0.1) is 0 Å². The van der Waals surface area contributed by atoms with Crippen LogP contribution in [-0.4, -0.2) is 17.7 Å². The van der Waals surface area contributed by atoms with Crippen LogP contribution in [-0.2, 0) is 6.42 Å². The van der Waals surface area contributed by atoms with E-state index in [0.717, 1.165) is 24.1 Å². The van der Waals surface area contributed by atoms with Gasteiger partial charge in [-0.1, -0.05) is 38.5 Å². The number of piperidine rings is 1. The van der Waals surface area contributed by atoms with Gasteiger partial charge in [0.1, 0.15) is 5.75 Å². The Morgan fingerprint density at radius 3 is 2.82 bits per heavy atom. The first-order valence-corrected chi connectivity index (χ1v) is 6.72. The summed E-state index contributed by atoms with van der Waals surface area (Å²) in [4.78, 5) is 0. The molecule has 0 radical (unpaired) electrons. The Morgan fingerprint density at radius 2 is 2.18 bits per heavy atom. The largest absolute Gasteiger partial charge is 0.507 e. The number of nitrogens with one attached hydrogen (secondary N) is 1. The number of hydrogen-bond donors (Lipinski definition) is 2. The quantitative estimate of drug-likeness (QED) is 0.840. The van der Waals surface area contributed by atoms with E-state index >= 15 is 0 Å². The number of hydrogen-bond acceptors (Lipinski definition) is 2. The highest BCUT2D eigenvalue weighted by atomic mass is 16.3. The lowest BCUT2D eigenvalue weighted by molar-refractivity contribution is 0.390. The average Bonchev–Trinajstić information content (AvgIpc) is 2.33. The molecule has 1 heterocycles. The summed E-state index contributed by atoms with van der Waals surface area (Å²) >= 11 is 0. The van der Waals surface area contributed by atoms with Crippen molar-refractivity contribution in [1.29, 1.82) is 0 Å². The van der Waals surface area contributed by atoms with Gasteiger partial charge in [-0.15, -0.1) is 0 Å². The Balaban J connectivity index is 2.12. The first kappa shape index (κ1) is 12.4. The topological polar surface area (TPSA) is 32.3 Å². The lowest BCUT2D eigenvalue weighted by Crippen LogP contribution is -2.35. The predicted octanol–water partition coefficient (Wildman–Crippen LogP) is 3.20. The Morgan fingerprint density at radius 1 is 1.35 bits per heavy atom. The summed E-state index contributed by atoms with van der Waals surface area (Å²) in [7, 11) is 0. The van der Waals surface area contributed by atoms with E-state index in [4.69, 9.17) is 0 Å². The van der Waals surface area contributed by atoms with Crippen LogP contribution in [0.3, 0.4) is 0 Å². The van der Waals surface area contributed by atoms with Crippen molar-refractivity contribution in [3.63, 3.8) is 0 Å². The zero-order valence-corrected chi connectivity index (χ0v) is 10.9. The maximum absolute atomic E-state index is 10.3. The SMILES string of the molecule is CC(C)c1cccc(CC2CCCCN2)c1O. The van der Waals surface area contributed by atoms with Crippen LogP contribution in [0.1, 0.15) is 50.2 Å². The predicted molar refractivity (Wildman–Crippen MR) is 71.5 cm³/mol. The van der Waals surface area contributed by atoms with Gasteiger partial charge in [0.05, 0.1) is 0 Å². The lowest BCUT2D eigenvalue weighted by Gasteiger charge is -2.24. The number of phenols is 1. The molecular formula is C15H23NO. The van der Waals surface area contributed by atoms with Gasteiger partial charge in [-0.3, -0.25) is 0 Å². The molecule has 1 atom stereocenters. The minimum absolute atomic E-state index is 0.384. The second-order valence-corrected chi connectivity index (χ2v) is 5.36. The normalized spacial score (nSPS) is 20.8. The van der Waals surface area contributed by atoms with E-state index in [-0.39, 0.29) is 0 Å². The van der Waals surface area contributed by atoms with E-state index in [2.05, 4.69) is 31.3 Å². The summed E-state index contributed by atoms with van der Waals surface area (Å²) in [6.07, 6.45) is 4.77. The number of rotatable bonds is 3. The highest BCUT2D eigenvalue weighted by Gasteiger charge is 2.16. The molecule has 0 bridgehead atoms. The third-order valence-electron chi connectivity index (χ3n) is 3.65. The van der Waals surface area contributed by atoms with Crippen molar-refractivity contribution in [3.8, 4) is 5.75 Å². The van der Waals surface area contributed by atoms with Gasteiger partial charge in [0.2, 0.25) is 0 Å². The molecule has 0 amide bonds. The first-order valence-electron chi connectivity index (χ1n) is 6.72.